The minimum Gasteiger partial charge on any atom is -0.480 e. The molecule has 0 saturated heterocycles. The van der Waals surface area contributed by atoms with Gasteiger partial charge < -0.3 is 20.1 Å². The summed E-state index contributed by atoms with van der Waals surface area (Å²) in [4.78, 5) is 35.0. The average molecular weight is 274 g/mol. The van der Waals surface area contributed by atoms with Gasteiger partial charge in [-0.25, -0.2) is 9.59 Å². The fourth-order valence-electron chi connectivity index (χ4n) is 1.42. The number of carbonyl (C=O) groups excluding carboxylic acids is 2. The number of aliphatic carboxylic acids is 1. The third kappa shape index (κ3) is 7.28. The molecular formula is C12H22N2O5. The molecule has 110 valence electrons. The summed E-state index contributed by atoms with van der Waals surface area (Å²) in [6, 6.07) is -1.57. The van der Waals surface area contributed by atoms with Crippen LogP contribution in [0.2, 0.25) is 0 Å². The third-order valence-corrected chi connectivity index (χ3v) is 2.32. The van der Waals surface area contributed by atoms with Crippen molar-refractivity contribution >= 4 is 18.0 Å². The van der Waals surface area contributed by atoms with Gasteiger partial charge in [-0.3, -0.25) is 4.79 Å². The van der Waals surface area contributed by atoms with E-state index in [4.69, 9.17) is 9.84 Å². The molecule has 7 heteroatoms. The highest BCUT2D eigenvalue weighted by molar-refractivity contribution is 5.84. The second-order valence-corrected chi connectivity index (χ2v) is 4.63. The average Bonchev–Trinajstić information content (AvgIpc) is 2.27. The van der Waals surface area contributed by atoms with E-state index in [1.165, 1.54) is 7.05 Å². The highest BCUT2D eigenvalue weighted by Crippen LogP contribution is 2.05. The number of hydrogen-bond acceptors (Lipinski definition) is 4. The van der Waals surface area contributed by atoms with Crippen LogP contribution in [0.3, 0.4) is 0 Å². The Morgan fingerprint density at radius 2 is 1.89 bits per heavy atom. The maximum atomic E-state index is 11.7. The molecule has 0 aromatic heterocycles. The number of esters is 1. The maximum absolute atomic E-state index is 11.7. The minimum atomic E-state index is -1.09. The van der Waals surface area contributed by atoms with E-state index in [1.54, 1.807) is 6.92 Å². The Morgan fingerprint density at radius 1 is 1.32 bits per heavy atom. The SMILES string of the molecule is CCOC(=O)CN(C)C(=O)NC(CC(C)C)C(=O)O. The van der Waals surface area contributed by atoms with Gasteiger partial charge in [0.25, 0.3) is 0 Å². The quantitative estimate of drug-likeness (QED) is 0.666. The Hall–Kier alpha value is -1.79. The van der Waals surface area contributed by atoms with Gasteiger partial charge in [-0.1, -0.05) is 13.8 Å². The lowest BCUT2D eigenvalue weighted by molar-refractivity contribution is -0.143. The van der Waals surface area contributed by atoms with Gasteiger partial charge in [0.1, 0.15) is 12.6 Å². The molecule has 0 aliphatic rings. The van der Waals surface area contributed by atoms with E-state index in [9.17, 15) is 14.4 Å². The molecule has 0 aromatic carbocycles. The third-order valence-electron chi connectivity index (χ3n) is 2.32. The smallest absolute Gasteiger partial charge is 0.326 e. The summed E-state index contributed by atoms with van der Waals surface area (Å²) in [5, 5.41) is 11.4. The van der Waals surface area contributed by atoms with Crippen molar-refractivity contribution < 1.29 is 24.2 Å². The lowest BCUT2D eigenvalue weighted by atomic mass is 10.0. The molecular weight excluding hydrogens is 252 g/mol. The number of carboxylic acids is 1. The Bertz CT molecular complexity index is 330. The highest BCUT2D eigenvalue weighted by atomic mass is 16.5. The summed E-state index contributed by atoms with van der Waals surface area (Å²) in [6.45, 7) is 5.42. The second kappa shape index (κ2) is 8.34. The van der Waals surface area contributed by atoms with E-state index in [1.807, 2.05) is 13.8 Å². The maximum Gasteiger partial charge on any atom is 0.326 e. The molecule has 0 fully saturated rings. The summed E-state index contributed by atoms with van der Waals surface area (Å²) in [6.07, 6.45) is 0.328. The van der Waals surface area contributed by atoms with Crippen molar-refractivity contribution in [1.82, 2.24) is 10.2 Å². The zero-order valence-corrected chi connectivity index (χ0v) is 11.8. The number of likely N-dealkylation sites (N-methyl/N-ethyl adjacent to an activating group) is 1. The molecule has 19 heavy (non-hydrogen) atoms. The molecule has 0 rings (SSSR count). The molecule has 1 atom stereocenters. The van der Waals surface area contributed by atoms with Crippen molar-refractivity contribution in [2.75, 3.05) is 20.2 Å². The molecule has 2 N–H and O–H groups in total. The molecule has 1 unspecified atom stereocenters. The van der Waals surface area contributed by atoms with Crippen LogP contribution in [0.15, 0.2) is 0 Å². The Morgan fingerprint density at radius 3 is 2.32 bits per heavy atom. The van der Waals surface area contributed by atoms with Crippen molar-refractivity contribution in [2.45, 2.75) is 33.2 Å². The van der Waals surface area contributed by atoms with Crippen molar-refractivity contribution in [2.24, 2.45) is 5.92 Å². The van der Waals surface area contributed by atoms with Crippen LogP contribution in [0.4, 0.5) is 4.79 Å². The van der Waals surface area contributed by atoms with E-state index in [2.05, 4.69) is 5.32 Å². The van der Waals surface area contributed by atoms with Crippen molar-refractivity contribution in [3.8, 4) is 0 Å². The van der Waals surface area contributed by atoms with E-state index in [0.717, 1.165) is 4.90 Å². The van der Waals surface area contributed by atoms with Crippen LogP contribution in [0.25, 0.3) is 0 Å². The Labute approximate surface area is 112 Å². The number of hydrogen-bond donors (Lipinski definition) is 2. The van der Waals surface area contributed by atoms with E-state index >= 15 is 0 Å². The lowest BCUT2D eigenvalue weighted by Crippen LogP contribution is -2.48. The normalized spacial score (nSPS) is 11.8. The first-order valence-corrected chi connectivity index (χ1v) is 6.18. The zero-order valence-electron chi connectivity index (χ0n) is 11.8. The van der Waals surface area contributed by atoms with Crippen LogP contribution in [-0.4, -0.2) is 54.2 Å². The van der Waals surface area contributed by atoms with Crippen LogP contribution < -0.4 is 5.32 Å². The number of amides is 2. The van der Waals surface area contributed by atoms with Crippen molar-refractivity contribution in [1.29, 1.82) is 0 Å². The van der Waals surface area contributed by atoms with Crippen LogP contribution in [0.1, 0.15) is 27.2 Å². The first-order valence-electron chi connectivity index (χ1n) is 6.18. The first-order chi connectivity index (χ1) is 8.77. The minimum absolute atomic E-state index is 0.136. The fraction of sp³-hybridized carbons (Fsp3) is 0.750. The summed E-state index contributed by atoms with van der Waals surface area (Å²) in [7, 11) is 1.40. The number of carboxylic acid groups (broad SMARTS) is 1. The predicted octanol–water partition coefficient (Wildman–Crippen LogP) is 0.690. The van der Waals surface area contributed by atoms with Gasteiger partial charge in [0.15, 0.2) is 0 Å². The van der Waals surface area contributed by atoms with Crippen LogP contribution in [0, 0.1) is 5.92 Å². The largest absolute Gasteiger partial charge is 0.480 e. The van der Waals surface area contributed by atoms with E-state index < -0.39 is 24.0 Å². The summed E-state index contributed by atoms with van der Waals surface area (Å²) in [5.74, 6) is -1.49. The van der Waals surface area contributed by atoms with Gasteiger partial charge in [-0.15, -0.1) is 0 Å². The van der Waals surface area contributed by atoms with Crippen molar-refractivity contribution in [3.63, 3.8) is 0 Å². The molecule has 0 saturated carbocycles. The van der Waals surface area contributed by atoms with E-state index in [0.29, 0.717) is 6.42 Å². The molecule has 0 spiro atoms. The van der Waals surface area contributed by atoms with Crippen molar-refractivity contribution in [3.05, 3.63) is 0 Å². The second-order valence-electron chi connectivity index (χ2n) is 4.63. The number of ether oxygens (including phenoxy) is 1. The van der Waals surface area contributed by atoms with Gasteiger partial charge in [0.2, 0.25) is 0 Å². The molecule has 0 radical (unpaired) electrons. The number of nitrogens with zero attached hydrogens (tertiary/aromatic N) is 1. The topological polar surface area (TPSA) is 95.9 Å². The van der Waals surface area contributed by atoms with Crippen LogP contribution >= 0.6 is 0 Å². The monoisotopic (exact) mass is 274 g/mol. The fourth-order valence-corrected chi connectivity index (χ4v) is 1.42. The molecule has 0 bridgehead atoms. The molecule has 0 aliphatic heterocycles. The number of nitrogens with one attached hydrogen (secondary N) is 1. The number of carbonyl (C=O) groups is 3. The number of urea groups is 1. The van der Waals surface area contributed by atoms with Gasteiger partial charge in [-0.05, 0) is 19.3 Å². The van der Waals surface area contributed by atoms with Crippen LogP contribution in [-0.2, 0) is 14.3 Å². The molecule has 0 aliphatic carbocycles. The predicted molar refractivity (Wildman–Crippen MR) is 68.7 cm³/mol. The van der Waals surface area contributed by atoms with Gasteiger partial charge in [0, 0.05) is 7.05 Å². The number of rotatable bonds is 7. The summed E-state index contributed by atoms with van der Waals surface area (Å²) < 4.78 is 4.70. The Kier molecular flexibility index (Phi) is 7.55. The lowest BCUT2D eigenvalue weighted by Gasteiger charge is -2.21. The first kappa shape index (κ1) is 17.2. The Balaban J connectivity index is 4.39. The van der Waals surface area contributed by atoms with Gasteiger partial charge in [-0.2, -0.15) is 0 Å². The van der Waals surface area contributed by atoms with Gasteiger partial charge in [0.05, 0.1) is 6.61 Å². The highest BCUT2D eigenvalue weighted by Gasteiger charge is 2.23. The van der Waals surface area contributed by atoms with E-state index in [-0.39, 0.29) is 19.1 Å². The van der Waals surface area contributed by atoms with Gasteiger partial charge >= 0.3 is 18.0 Å². The molecule has 2 amide bonds. The zero-order chi connectivity index (χ0) is 15.0. The summed E-state index contributed by atoms with van der Waals surface area (Å²) >= 11 is 0. The van der Waals surface area contributed by atoms with Crippen LogP contribution in [0.5, 0.6) is 0 Å². The molecule has 0 heterocycles. The summed E-state index contributed by atoms with van der Waals surface area (Å²) in [5.41, 5.74) is 0. The molecule has 0 aromatic rings. The molecule has 7 nitrogen and oxygen atoms in total. The standard InChI is InChI=1S/C12H22N2O5/c1-5-19-10(15)7-14(4)12(18)13-9(11(16)17)6-8(2)3/h8-9H,5-7H2,1-4H3,(H,13,18)(H,16,17).